The zero-order valence-electron chi connectivity index (χ0n) is 15.8. The second kappa shape index (κ2) is 7.99. The van der Waals surface area contributed by atoms with E-state index in [1.807, 2.05) is 30.3 Å². The zero-order valence-corrected chi connectivity index (χ0v) is 15.8. The van der Waals surface area contributed by atoms with E-state index in [2.05, 4.69) is 4.98 Å². The van der Waals surface area contributed by atoms with E-state index in [4.69, 9.17) is 4.74 Å². The van der Waals surface area contributed by atoms with Crippen molar-refractivity contribution >= 4 is 17.7 Å². The number of aromatic amines is 1. The molecule has 1 N–H and O–H groups in total. The van der Waals surface area contributed by atoms with E-state index in [1.54, 1.807) is 27.8 Å². The predicted octanol–water partition coefficient (Wildman–Crippen LogP) is 3.04. The Bertz CT molecular complexity index is 824. The van der Waals surface area contributed by atoms with Crippen LogP contribution in [0.15, 0.2) is 30.3 Å². The van der Waals surface area contributed by atoms with Crippen molar-refractivity contribution in [3.05, 3.63) is 58.4 Å². The smallest absolute Gasteiger partial charge is 0.355 e. The van der Waals surface area contributed by atoms with E-state index in [9.17, 15) is 14.4 Å². The Morgan fingerprint density at radius 1 is 1.15 bits per heavy atom. The van der Waals surface area contributed by atoms with Crippen LogP contribution in [0.25, 0.3) is 0 Å². The molecule has 0 radical (unpaired) electrons. The fourth-order valence-corrected chi connectivity index (χ4v) is 3.00. The number of hydrogen-bond donors (Lipinski definition) is 1. The number of amides is 1. The van der Waals surface area contributed by atoms with E-state index in [0.717, 1.165) is 5.56 Å². The van der Waals surface area contributed by atoms with Crippen molar-refractivity contribution in [2.75, 3.05) is 7.05 Å². The number of benzene rings is 1. The molecule has 26 heavy (non-hydrogen) atoms. The molecule has 0 fully saturated rings. The first-order valence-electron chi connectivity index (χ1n) is 8.42. The molecule has 0 saturated carbocycles. The van der Waals surface area contributed by atoms with Gasteiger partial charge >= 0.3 is 5.97 Å². The van der Waals surface area contributed by atoms with E-state index in [1.165, 1.54) is 11.8 Å². The number of nitrogens with one attached hydrogen (secondary N) is 1. The molecule has 0 aliphatic carbocycles. The maximum atomic E-state index is 12.5. The number of likely N-dealkylation sites (N-methyl/N-ethyl adjacent to an activating group) is 1. The Labute approximate surface area is 153 Å². The van der Waals surface area contributed by atoms with E-state index >= 15 is 0 Å². The molecular formula is C20H24N2O4. The number of carbonyl (C=O) groups excluding carboxylic acids is 3. The van der Waals surface area contributed by atoms with Crippen LogP contribution in [0, 0.1) is 13.8 Å². The second-order valence-corrected chi connectivity index (χ2v) is 6.41. The van der Waals surface area contributed by atoms with Crippen LogP contribution >= 0.6 is 0 Å². The maximum Gasteiger partial charge on any atom is 0.355 e. The van der Waals surface area contributed by atoms with Gasteiger partial charge in [0.15, 0.2) is 11.9 Å². The first-order chi connectivity index (χ1) is 12.2. The summed E-state index contributed by atoms with van der Waals surface area (Å²) in [6.45, 7) is 6.83. The maximum absolute atomic E-state index is 12.5. The molecule has 138 valence electrons. The zero-order chi connectivity index (χ0) is 19.4. The van der Waals surface area contributed by atoms with Gasteiger partial charge in [0.1, 0.15) is 5.69 Å². The molecule has 1 unspecified atom stereocenters. The molecule has 0 saturated heterocycles. The number of rotatable bonds is 6. The van der Waals surface area contributed by atoms with Crippen molar-refractivity contribution in [3.63, 3.8) is 0 Å². The monoisotopic (exact) mass is 356 g/mol. The van der Waals surface area contributed by atoms with E-state index in [0.29, 0.717) is 23.4 Å². The summed E-state index contributed by atoms with van der Waals surface area (Å²) >= 11 is 0. The Morgan fingerprint density at radius 3 is 2.31 bits per heavy atom. The highest BCUT2D eigenvalue weighted by Gasteiger charge is 2.26. The number of hydrogen-bond acceptors (Lipinski definition) is 4. The van der Waals surface area contributed by atoms with Gasteiger partial charge in [-0.1, -0.05) is 30.3 Å². The third-order valence-corrected chi connectivity index (χ3v) is 4.26. The van der Waals surface area contributed by atoms with Crippen LogP contribution in [0.1, 0.15) is 51.5 Å². The van der Waals surface area contributed by atoms with Gasteiger partial charge in [-0.2, -0.15) is 0 Å². The van der Waals surface area contributed by atoms with Crippen molar-refractivity contribution in [1.82, 2.24) is 9.88 Å². The summed E-state index contributed by atoms with van der Waals surface area (Å²) in [5.74, 6) is -1.07. The van der Waals surface area contributed by atoms with Crippen LogP contribution in [0.5, 0.6) is 0 Å². The fraction of sp³-hybridized carbons (Fsp3) is 0.350. The summed E-state index contributed by atoms with van der Waals surface area (Å²) in [6, 6.07) is 9.56. The fourth-order valence-electron chi connectivity index (χ4n) is 3.00. The Hall–Kier alpha value is -2.89. The van der Waals surface area contributed by atoms with Crippen LogP contribution < -0.4 is 0 Å². The molecule has 0 aliphatic heterocycles. The summed E-state index contributed by atoms with van der Waals surface area (Å²) in [4.78, 5) is 41.0. The number of ketones is 1. The molecule has 2 rings (SSSR count). The van der Waals surface area contributed by atoms with Gasteiger partial charge < -0.3 is 14.6 Å². The van der Waals surface area contributed by atoms with Gasteiger partial charge in [-0.3, -0.25) is 9.59 Å². The highest BCUT2D eigenvalue weighted by atomic mass is 16.5. The number of esters is 1. The molecule has 2 aromatic rings. The largest absolute Gasteiger partial charge is 0.448 e. The molecule has 1 heterocycles. The molecule has 6 heteroatoms. The predicted molar refractivity (Wildman–Crippen MR) is 98.1 cm³/mol. The van der Waals surface area contributed by atoms with Crippen LogP contribution in [0.4, 0.5) is 0 Å². The van der Waals surface area contributed by atoms with Crippen LogP contribution in [0.2, 0.25) is 0 Å². The SMILES string of the molecule is CC(=O)c1c(C)[nH]c(C(=O)OC(C)C(=O)N(C)Cc2ccccc2)c1C. The molecule has 0 aliphatic rings. The molecule has 1 atom stereocenters. The van der Waals surface area contributed by atoms with Crippen molar-refractivity contribution in [2.24, 2.45) is 0 Å². The van der Waals surface area contributed by atoms with Gasteiger partial charge in [0.05, 0.1) is 0 Å². The highest BCUT2D eigenvalue weighted by Crippen LogP contribution is 2.20. The lowest BCUT2D eigenvalue weighted by Crippen LogP contribution is -2.37. The lowest BCUT2D eigenvalue weighted by Gasteiger charge is -2.21. The second-order valence-electron chi connectivity index (χ2n) is 6.41. The first kappa shape index (κ1) is 19.4. The van der Waals surface area contributed by atoms with Crippen LogP contribution in [-0.4, -0.2) is 40.7 Å². The third-order valence-electron chi connectivity index (χ3n) is 4.26. The Balaban J connectivity index is 2.05. The number of carbonyl (C=O) groups is 3. The van der Waals surface area contributed by atoms with Crippen LogP contribution in [0.3, 0.4) is 0 Å². The first-order valence-corrected chi connectivity index (χ1v) is 8.42. The van der Waals surface area contributed by atoms with Gasteiger partial charge in [0.25, 0.3) is 5.91 Å². The minimum Gasteiger partial charge on any atom is -0.448 e. The lowest BCUT2D eigenvalue weighted by atomic mass is 10.1. The number of aryl methyl sites for hydroxylation is 1. The van der Waals surface area contributed by atoms with Gasteiger partial charge in [-0.25, -0.2) is 4.79 Å². The summed E-state index contributed by atoms with van der Waals surface area (Å²) < 4.78 is 5.31. The average molecular weight is 356 g/mol. The van der Waals surface area contributed by atoms with Gasteiger partial charge in [-0.05, 0) is 38.8 Å². The van der Waals surface area contributed by atoms with Crippen molar-refractivity contribution < 1.29 is 19.1 Å². The minimum absolute atomic E-state index is 0.123. The molecular weight excluding hydrogens is 332 g/mol. The van der Waals surface area contributed by atoms with Gasteiger partial charge in [-0.15, -0.1) is 0 Å². The van der Waals surface area contributed by atoms with Gasteiger partial charge in [0, 0.05) is 24.8 Å². The topological polar surface area (TPSA) is 79.5 Å². The molecule has 6 nitrogen and oxygen atoms in total. The summed E-state index contributed by atoms with van der Waals surface area (Å²) in [5.41, 5.74) is 2.83. The normalized spacial score (nSPS) is 11.7. The Morgan fingerprint density at radius 2 is 1.77 bits per heavy atom. The minimum atomic E-state index is -0.931. The molecule has 0 spiro atoms. The number of aromatic nitrogens is 1. The van der Waals surface area contributed by atoms with Crippen molar-refractivity contribution in [3.8, 4) is 0 Å². The van der Waals surface area contributed by atoms with Crippen molar-refractivity contribution in [2.45, 2.75) is 40.3 Å². The standard InChI is InChI=1S/C20H24N2O4/c1-12-17(14(3)23)13(2)21-18(12)20(25)26-15(4)19(24)22(5)11-16-9-7-6-8-10-16/h6-10,15,21H,11H2,1-5H3. The van der Waals surface area contributed by atoms with Gasteiger partial charge in [0.2, 0.25) is 0 Å². The van der Waals surface area contributed by atoms with E-state index in [-0.39, 0.29) is 17.4 Å². The molecule has 1 amide bonds. The highest BCUT2D eigenvalue weighted by molar-refractivity contribution is 6.01. The Kier molecular flexibility index (Phi) is 5.97. The summed E-state index contributed by atoms with van der Waals surface area (Å²) in [5, 5.41) is 0. The molecule has 1 aromatic carbocycles. The summed E-state index contributed by atoms with van der Waals surface area (Å²) in [6.07, 6.45) is -0.931. The van der Waals surface area contributed by atoms with Crippen molar-refractivity contribution in [1.29, 1.82) is 0 Å². The average Bonchev–Trinajstić information content (AvgIpc) is 2.89. The number of Topliss-reactive ketones (excluding diaryl/α,β-unsaturated/α-hetero) is 1. The lowest BCUT2D eigenvalue weighted by molar-refractivity contribution is -0.139. The third kappa shape index (κ3) is 4.20. The molecule has 1 aromatic heterocycles. The molecule has 0 bridgehead atoms. The van der Waals surface area contributed by atoms with Crippen LogP contribution in [-0.2, 0) is 16.1 Å². The number of H-pyrrole nitrogens is 1. The number of ether oxygens (including phenoxy) is 1. The quantitative estimate of drug-likeness (QED) is 0.637. The number of nitrogens with zero attached hydrogens (tertiary/aromatic N) is 1. The van der Waals surface area contributed by atoms with E-state index < -0.39 is 12.1 Å². The summed E-state index contributed by atoms with van der Waals surface area (Å²) in [7, 11) is 1.66.